The van der Waals surface area contributed by atoms with E-state index in [0.29, 0.717) is 0 Å². The third kappa shape index (κ3) is 3.44. The van der Waals surface area contributed by atoms with Gasteiger partial charge in [-0.3, -0.25) is 0 Å². The highest BCUT2D eigenvalue weighted by atomic mass is 15.4. The Bertz CT molecular complexity index is 1690. The summed E-state index contributed by atoms with van der Waals surface area (Å²) in [7, 11) is 0. The number of nitrogens with zero attached hydrogens (tertiary/aromatic N) is 6. The van der Waals surface area contributed by atoms with Crippen LogP contribution in [0.15, 0.2) is 72.8 Å². The molecule has 6 heteroatoms. The molecule has 0 unspecified atom stereocenters. The molecule has 0 saturated carbocycles. The van der Waals surface area contributed by atoms with E-state index in [1.54, 1.807) is 0 Å². The molecule has 0 fully saturated rings. The first kappa shape index (κ1) is 23.4. The van der Waals surface area contributed by atoms with Crippen molar-refractivity contribution in [1.82, 2.24) is 28.8 Å². The van der Waals surface area contributed by atoms with Crippen molar-refractivity contribution in [2.24, 2.45) is 0 Å². The maximum Gasteiger partial charge on any atom is 0.162 e. The average molecular weight is 511 g/mol. The summed E-state index contributed by atoms with van der Waals surface area (Å²) in [5.74, 6) is 0. The lowest BCUT2D eigenvalue weighted by atomic mass is 10.0. The van der Waals surface area contributed by atoms with E-state index in [4.69, 9.17) is 15.3 Å². The molecule has 7 aromatic rings. The highest BCUT2D eigenvalue weighted by Crippen LogP contribution is 2.33. The fourth-order valence-electron chi connectivity index (χ4n) is 6.09. The summed E-state index contributed by atoms with van der Waals surface area (Å²) in [5, 5.41) is 15.4. The minimum Gasteiger partial charge on any atom is -0.196 e. The van der Waals surface area contributed by atoms with Crippen molar-refractivity contribution in [3.05, 3.63) is 106 Å². The Morgan fingerprint density at radius 2 is 0.615 bits per heavy atom. The Morgan fingerprint density at radius 1 is 0.385 bits per heavy atom. The van der Waals surface area contributed by atoms with Crippen molar-refractivity contribution >= 4 is 16.9 Å². The lowest BCUT2D eigenvalue weighted by Gasteiger charge is -2.05. The summed E-state index contributed by atoms with van der Waals surface area (Å²) in [6.45, 7) is 12.8. The second-order valence-electron chi connectivity index (χ2n) is 10.7. The van der Waals surface area contributed by atoms with Gasteiger partial charge in [0.15, 0.2) is 16.9 Å². The van der Waals surface area contributed by atoms with Crippen LogP contribution in [0.25, 0.3) is 50.7 Å². The van der Waals surface area contributed by atoms with Crippen LogP contribution in [0.2, 0.25) is 0 Å². The maximum atomic E-state index is 5.15. The van der Waals surface area contributed by atoms with Gasteiger partial charge >= 0.3 is 0 Å². The third-order valence-electron chi connectivity index (χ3n) is 7.93. The van der Waals surface area contributed by atoms with Crippen LogP contribution >= 0.6 is 0 Å². The molecule has 0 atom stereocenters. The standard InChI is InChI=1S/C33H30N6/c1-19-10-7-11-20(2)31(19)25-16-28-37(34-25)29-17-26(32-21(3)12-8-13-22(32)4)36-39(29)30-18-27(35-38(28)30)33-23(5)14-9-15-24(33)6/h7-18H,1-6H3. The van der Waals surface area contributed by atoms with E-state index >= 15 is 0 Å². The molecular formula is C33H30N6. The predicted octanol–water partition coefficient (Wildman–Crippen LogP) is 7.48. The second-order valence-corrected chi connectivity index (χ2v) is 10.7. The number of aromatic nitrogens is 6. The van der Waals surface area contributed by atoms with Gasteiger partial charge in [-0.05, 0) is 74.9 Å². The molecule has 0 aliphatic rings. The van der Waals surface area contributed by atoms with Crippen molar-refractivity contribution in [2.75, 3.05) is 0 Å². The molecule has 39 heavy (non-hydrogen) atoms. The van der Waals surface area contributed by atoms with Gasteiger partial charge in [0.1, 0.15) is 0 Å². The second kappa shape index (κ2) is 8.40. The van der Waals surface area contributed by atoms with E-state index in [1.165, 1.54) is 33.4 Å². The zero-order valence-electron chi connectivity index (χ0n) is 23.1. The molecule has 0 spiro atoms. The van der Waals surface area contributed by atoms with Crippen LogP contribution in [-0.4, -0.2) is 28.8 Å². The molecule has 0 aliphatic carbocycles. The lowest BCUT2D eigenvalue weighted by Crippen LogP contribution is -2.04. The highest BCUT2D eigenvalue weighted by molar-refractivity contribution is 5.78. The van der Waals surface area contributed by atoms with Crippen LogP contribution in [0.1, 0.15) is 33.4 Å². The zero-order chi connectivity index (χ0) is 27.0. The Kier molecular flexibility index (Phi) is 5.04. The Labute approximate surface area is 227 Å². The van der Waals surface area contributed by atoms with Gasteiger partial charge in [0.05, 0.1) is 17.1 Å². The minimum absolute atomic E-state index is 0.903. The molecule has 0 saturated heterocycles. The van der Waals surface area contributed by atoms with Gasteiger partial charge in [-0.25, -0.2) is 0 Å². The van der Waals surface area contributed by atoms with Crippen LogP contribution in [0, 0.1) is 41.5 Å². The molecule has 4 heterocycles. The summed E-state index contributed by atoms with van der Waals surface area (Å²) in [5.41, 5.74) is 16.2. The molecule has 0 bridgehead atoms. The summed E-state index contributed by atoms with van der Waals surface area (Å²) in [4.78, 5) is 0. The number of benzene rings is 3. The Hall–Kier alpha value is -4.71. The normalized spacial score (nSPS) is 11.8. The monoisotopic (exact) mass is 510 g/mol. The molecule has 0 amide bonds. The largest absolute Gasteiger partial charge is 0.196 e. The van der Waals surface area contributed by atoms with E-state index in [1.807, 2.05) is 13.5 Å². The SMILES string of the molecule is Cc1cccc(C)c1-c1cc2n(n1)c1cc(-c3c(C)cccc3C)nn1c1cc(-c3c(C)cccc3C)nn21. The van der Waals surface area contributed by atoms with Crippen molar-refractivity contribution in [2.45, 2.75) is 41.5 Å². The van der Waals surface area contributed by atoms with Crippen LogP contribution < -0.4 is 0 Å². The third-order valence-corrected chi connectivity index (χ3v) is 7.93. The quantitative estimate of drug-likeness (QED) is 0.248. The van der Waals surface area contributed by atoms with Gasteiger partial charge in [-0.1, -0.05) is 54.6 Å². The molecule has 4 aromatic heterocycles. The van der Waals surface area contributed by atoms with E-state index in [2.05, 4.69) is 114 Å². The molecule has 3 aromatic carbocycles. The Morgan fingerprint density at radius 3 is 0.846 bits per heavy atom. The first-order valence-electron chi connectivity index (χ1n) is 13.3. The molecule has 6 nitrogen and oxygen atoms in total. The van der Waals surface area contributed by atoms with Crippen molar-refractivity contribution < 1.29 is 0 Å². The fourth-order valence-corrected chi connectivity index (χ4v) is 6.09. The van der Waals surface area contributed by atoms with Crippen molar-refractivity contribution in [1.29, 1.82) is 0 Å². The van der Waals surface area contributed by atoms with Crippen molar-refractivity contribution in [3.63, 3.8) is 0 Å². The summed E-state index contributed by atoms with van der Waals surface area (Å²) in [6.07, 6.45) is 0. The number of aryl methyl sites for hydroxylation is 6. The van der Waals surface area contributed by atoms with Gasteiger partial charge in [-0.15, -0.1) is 0 Å². The number of fused-ring (bicyclic) bond motifs is 6. The fraction of sp³-hybridized carbons (Fsp3) is 0.182. The van der Waals surface area contributed by atoms with E-state index in [0.717, 1.165) is 50.7 Å². The van der Waals surface area contributed by atoms with E-state index in [-0.39, 0.29) is 0 Å². The first-order chi connectivity index (χ1) is 18.8. The summed E-state index contributed by atoms with van der Waals surface area (Å²) < 4.78 is 5.96. The van der Waals surface area contributed by atoms with Gasteiger partial charge < -0.3 is 0 Å². The lowest BCUT2D eigenvalue weighted by molar-refractivity contribution is 0.831. The molecule has 0 N–H and O–H groups in total. The smallest absolute Gasteiger partial charge is 0.162 e. The molecule has 7 rings (SSSR count). The van der Waals surface area contributed by atoms with Gasteiger partial charge in [0.2, 0.25) is 0 Å². The number of rotatable bonds is 3. The maximum absolute atomic E-state index is 5.15. The van der Waals surface area contributed by atoms with Crippen molar-refractivity contribution in [3.8, 4) is 33.8 Å². The first-order valence-corrected chi connectivity index (χ1v) is 13.3. The molecule has 0 radical (unpaired) electrons. The minimum atomic E-state index is 0.903. The summed E-state index contributed by atoms with van der Waals surface area (Å²) in [6, 6.07) is 25.6. The van der Waals surface area contributed by atoms with E-state index in [9.17, 15) is 0 Å². The van der Waals surface area contributed by atoms with Gasteiger partial charge in [0, 0.05) is 34.9 Å². The Balaban J connectivity index is 1.61. The zero-order valence-corrected chi connectivity index (χ0v) is 23.1. The summed E-state index contributed by atoms with van der Waals surface area (Å²) >= 11 is 0. The average Bonchev–Trinajstić information content (AvgIpc) is 3.60. The van der Waals surface area contributed by atoms with Gasteiger partial charge in [0.25, 0.3) is 0 Å². The number of hydrogen-bond donors (Lipinski definition) is 0. The van der Waals surface area contributed by atoms with Crippen LogP contribution in [0.4, 0.5) is 0 Å². The highest BCUT2D eigenvalue weighted by Gasteiger charge is 2.21. The molecular weight excluding hydrogens is 480 g/mol. The molecule has 192 valence electrons. The number of hydrogen-bond acceptors (Lipinski definition) is 3. The molecule has 0 aliphatic heterocycles. The van der Waals surface area contributed by atoms with Crippen LogP contribution in [0.5, 0.6) is 0 Å². The predicted molar refractivity (Wildman–Crippen MR) is 157 cm³/mol. The van der Waals surface area contributed by atoms with Crippen LogP contribution in [0.3, 0.4) is 0 Å². The van der Waals surface area contributed by atoms with Crippen LogP contribution in [-0.2, 0) is 0 Å². The van der Waals surface area contributed by atoms with E-state index < -0.39 is 0 Å². The van der Waals surface area contributed by atoms with Gasteiger partial charge in [-0.2, -0.15) is 28.8 Å². The topological polar surface area (TPSA) is 51.9 Å².